The molecule has 8 heteroatoms. The molecule has 0 aliphatic carbocycles. The molecule has 1 aliphatic rings. The van der Waals surface area contributed by atoms with Crippen LogP contribution in [0, 0.1) is 0 Å². The highest BCUT2D eigenvalue weighted by molar-refractivity contribution is 6.30. The zero-order valence-electron chi connectivity index (χ0n) is 17.8. The van der Waals surface area contributed by atoms with Crippen LogP contribution >= 0.6 is 11.6 Å². The van der Waals surface area contributed by atoms with E-state index in [2.05, 4.69) is 10.3 Å². The lowest BCUT2D eigenvalue weighted by Gasteiger charge is -2.12. The van der Waals surface area contributed by atoms with Crippen molar-refractivity contribution in [2.45, 2.75) is 6.92 Å². The number of hydrogen-bond donors (Lipinski definition) is 1. The van der Waals surface area contributed by atoms with E-state index in [0.29, 0.717) is 41.1 Å². The molecule has 0 radical (unpaired) electrons. The molecule has 0 amide bonds. The third-order valence-corrected chi connectivity index (χ3v) is 5.43. The summed E-state index contributed by atoms with van der Waals surface area (Å²) in [7, 11) is 0. The number of ether oxygens (including phenoxy) is 1. The van der Waals surface area contributed by atoms with E-state index in [1.165, 1.54) is 0 Å². The summed E-state index contributed by atoms with van der Waals surface area (Å²) in [5.74, 6) is 0.792. The van der Waals surface area contributed by atoms with Crippen LogP contribution in [0.25, 0.3) is 28.5 Å². The Morgan fingerprint density at radius 2 is 1.91 bits per heavy atom. The fraction of sp³-hybridized carbons (Fsp3) is 0.120. The molecule has 0 bridgehead atoms. The van der Waals surface area contributed by atoms with Gasteiger partial charge in [0.25, 0.3) is 0 Å². The lowest BCUT2D eigenvalue weighted by molar-refractivity contribution is 0.0526. The molecule has 3 aromatic carbocycles. The van der Waals surface area contributed by atoms with Gasteiger partial charge in [0, 0.05) is 22.4 Å². The van der Waals surface area contributed by atoms with Crippen molar-refractivity contribution in [1.82, 2.24) is 14.8 Å². The number of carbonyl (C=O) groups is 1. The first-order chi connectivity index (χ1) is 16.1. The van der Waals surface area contributed by atoms with Crippen molar-refractivity contribution < 1.29 is 9.53 Å². The van der Waals surface area contributed by atoms with Gasteiger partial charge < -0.3 is 10.1 Å². The fourth-order valence-electron chi connectivity index (χ4n) is 3.61. The number of aromatic nitrogens is 3. The van der Waals surface area contributed by atoms with Crippen LogP contribution in [0.1, 0.15) is 17.3 Å². The van der Waals surface area contributed by atoms with Gasteiger partial charge in [-0.1, -0.05) is 17.7 Å². The van der Waals surface area contributed by atoms with Crippen LogP contribution < -0.4 is 5.32 Å². The van der Waals surface area contributed by atoms with Crippen molar-refractivity contribution in [3.05, 3.63) is 77.3 Å². The van der Waals surface area contributed by atoms with Crippen molar-refractivity contribution in [3.63, 3.8) is 0 Å². The third-order valence-electron chi connectivity index (χ3n) is 5.18. The van der Waals surface area contributed by atoms with Gasteiger partial charge in [0.05, 0.1) is 35.8 Å². The van der Waals surface area contributed by atoms with E-state index < -0.39 is 0 Å². The Labute approximate surface area is 195 Å². The highest BCUT2D eigenvalue weighted by Crippen LogP contribution is 2.33. The average Bonchev–Trinajstić information content (AvgIpc) is 3.30. The van der Waals surface area contributed by atoms with Crippen molar-refractivity contribution in [2.24, 2.45) is 4.99 Å². The van der Waals surface area contributed by atoms with Gasteiger partial charge in [-0.3, -0.25) is 4.99 Å². The van der Waals surface area contributed by atoms with Crippen LogP contribution in [0.5, 0.6) is 0 Å². The summed E-state index contributed by atoms with van der Waals surface area (Å²) < 4.78 is 6.88. The fourth-order valence-corrected chi connectivity index (χ4v) is 3.73. The molecule has 0 fully saturated rings. The minimum Gasteiger partial charge on any atom is -0.462 e. The second-order valence-electron chi connectivity index (χ2n) is 7.37. The Morgan fingerprint density at radius 1 is 1.09 bits per heavy atom. The second kappa shape index (κ2) is 8.88. The molecule has 0 atom stereocenters. The maximum atomic E-state index is 12.3. The summed E-state index contributed by atoms with van der Waals surface area (Å²) in [6.45, 7) is 2.79. The minimum atomic E-state index is -0.382. The topological polar surface area (TPSA) is 81.4 Å². The zero-order chi connectivity index (χ0) is 22.8. The highest BCUT2D eigenvalue weighted by atomic mass is 35.5. The molecule has 0 unspecified atom stereocenters. The van der Waals surface area contributed by atoms with Crippen molar-refractivity contribution in [3.8, 4) is 28.5 Å². The van der Waals surface area contributed by atoms with Gasteiger partial charge in [0.15, 0.2) is 11.6 Å². The monoisotopic (exact) mass is 457 g/mol. The lowest BCUT2D eigenvalue weighted by Crippen LogP contribution is -2.07. The number of nitrogens with one attached hydrogen (secondary N) is 1. The normalized spacial score (nSPS) is 12.2. The van der Waals surface area contributed by atoms with Crippen LogP contribution in [-0.2, 0) is 4.74 Å². The number of aliphatic imine (C=N–C) groups is 1. The van der Waals surface area contributed by atoms with Crippen LogP contribution in [0.4, 0.5) is 11.4 Å². The molecule has 5 rings (SSSR count). The number of fused-ring (bicyclic) bond motifs is 1. The second-order valence-corrected chi connectivity index (χ2v) is 7.81. The smallest absolute Gasteiger partial charge is 0.338 e. The van der Waals surface area contributed by atoms with Gasteiger partial charge in [0.2, 0.25) is 0 Å². The van der Waals surface area contributed by atoms with Gasteiger partial charge in [-0.15, -0.1) is 5.10 Å². The largest absolute Gasteiger partial charge is 0.462 e. The van der Waals surface area contributed by atoms with E-state index in [9.17, 15) is 4.79 Å². The Kier molecular flexibility index (Phi) is 5.62. The van der Waals surface area contributed by atoms with Crippen molar-refractivity contribution >= 4 is 35.2 Å². The van der Waals surface area contributed by atoms with E-state index in [-0.39, 0.29) is 5.97 Å². The first-order valence-corrected chi connectivity index (χ1v) is 10.9. The Balaban J connectivity index is 1.64. The number of halogens is 1. The molecule has 0 spiro atoms. The molecule has 1 N–H and O–H groups in total. The van der Waals surface area contributed by atoms with E-state index >= 15 is 0 Å². The molecule has 1 aliphatic heterocycles. The summed E-state index contributed by atoms with van der Waals surface area (Å²) in [6, 6.07) is 20.4. The van der Waals surface area contributed by atoms with E-state index in [1.807, 2.05) is 54.7 Å². The number of anilines is 1. The molecule has 7 nitrogen and oxygen atoms in total. The maximum Gasteiger partial charge on any atom is 0.338 e. The van der Waals surface area contributed by atoms with Gasteiger partial charge in [-0.2, -0.15) is 0 Å². The third kappa shape index (κ3) is 4.23. The molecule has 0 saturated carbocycles. The highest BCUT2D eigenvalue weighted by Gasteiger charge is 2.18. The predicted molar refractivity (Wildman–Crippen MR) is 130 cm³/mol. The number of esters is 1. The SMILES string of the molecule is CCOC(=O)c1cccc(-n2nc(-c3ccc4c(c3)N=CCN4)nc2-c2ccc(Cl)cc2)c1. The molecule has 2 heterocycles. The van der Waals surface area contributed by atoms with Gasteiger partial charge in [-0.25, -0.2) is 14.5 Å². The summed E-state index contributed by atoms with van der Waals surface area (Å²) in [4.78, 5) is 21.6. The summed E-state index contributed by atoms with van der Waals surface area (Å²) in [5.41, 5.74) is 4.64. The Bertz CT molecular complexity index is 1360. The minimum absolute atomic E-state index is 0.308. The first-order valence-electron chi connectivity index (χ1n) is 10.5. The molecule has 4 aromatic rings. The Morgan fingerprint density at radius 3 is 2.73 bits per heavy atom. The number of hydrogen-bond acceptors (Lipinski definition) is 6. The number of rotatable bonds is 5. The molecular weight excluding hydrogens is 438 g/mol. The molecular formula is C25H20ClN5O2. The summed E-state index contributed by atoms with van der Waals surface area (Å²) in [5, 5.41) is 8.72. The van der Waals surface area contributed by atoms with E-state index in [1.54, 1.807) is 29.8 Å². The zero-order valence-corrected chi connectivity index (χ0v) is 18.6. The van der Waals surface area contributed by atoms with Crippen LogP contribution in [0.15, 0.2) is 71.7 Å². The quantitative estimate of drug-likeness (QED) is 0.397. The molecule has 1 aromatic heterocycles. The number of carbonyl (C=O) groups excluding carboxylic acids is 1. The van der Waals surface area contributed by atoms with E-state index in [0.717, 1.165) is 22.5 Å². The summed E-state index contributed by atoms with van der Waals surface area (Å²) in [6.07, 6.45) is 1.83. The standard InChI is InChI=1S/C25H20ClN5O2/c1-2-33-25(32)18-4-3-5-20(14-18)31-24(16-6-9-19(26)10-7-16)29-23(30-31)17-8-11-21-22(15-17)28-13-12-27-21/h3-11,13-15,27H,2,12H2,1H3. The predicted octanol–water partition coefficient (Wildman–Crippen LogP) is 5.56. The van der Waals surface area contributed by atoms with Gasteiger partial charge >= 0.3 is 5.97 Å². The number of benzene rings is 3. The van der Waals surface area contributed by atoms with Crippen LogP contribution in [-0.4, -0.2) is 40.1 Å². The molecule has 164 valence electrons. The first kappa shape index (κ1) is 20.9. The van der Waals surface area contributed by atoms with E-state index in [4.69, 9.17) is 26.4 Å². The average molecular weight is 458 g/mol. The van der Waals surface area contributed by atoms with Gasteiger partial charge in [0.1, 0.15) is 0 Å². The maximum absolute atomic E-state index is 12.3. The lowest BCUT2D eigenvalue weighted by atomic mass is 10.1. The molecule has 33 heavy (non-hydrogen) atoms. The van der Waals surface area contributed by atoms with Crippen LogP contribution in [0.3, 0.4) is 0 Å². The van der Waals surface area contributed by atoms with Crippen molar-refractivity contribution in [1.29, 1.82) is 0 Å². The molecule has 0 saturated heterocycles. The number of nitrogens with zero attached hydrogens (tertiary/aromatic N) is 4. The van der Waals surface area contributed by atoms with Crippen LogP contribution in [0.2, 0.25) is 5.02 Å². The van der Waals surface area contributed by atoms with Gasteiger partial charge in [-0.05, 0) is 67.6 Å². The van der Waals surface area contributed by atoms with Crippen molar-refractivity contribution in [2.75, 3.05) is 18.5 Å². The Hall–Kier alpha value is -3.97. The summed E-state index contributed by atoms with van der Waals surface area (Å²) >= 11 is 6.10.